The van der Waals surface area contributed by atoms with Gasteiger partial charge in [-0.1, -0.05) is 11.6 Å². The zero-order chi connectivity index (χ0) is 10.6. The molecule has 0 bridgehead atoms. The first-order valence-corrected chi connectivity index (χ1v) is 4.62. The van der Waals surface area contributed by atoms with Crippen LogP contribution in [0.25, 0.3) is 0 Å². The summed E-state index contributed by atoms with van der Waals surface area (Å²) in [5.41, 5.74) is 1.02. The van der Waals surface area contributed by atoms with Crippen LogP contribution in [0.4, 0.5) is 0 Å². The molecule has 3 nitrogen and oxygen atoms in total. The van der Waals surface area contributed by atoms with Gasteiger partial charge in [0.25, 0.3) is 0 Å². The van der Waals surface area contributed by atoms with Crippen molar-refractivity contribution in [1.82, 2.24) is 4.98 Å². The lowest BCUT2D eigenvalue weighted by Crippen LogP contribution is -2.00. The van der Waals surface area contributed by atoms with E-state index in [0.29, 0.717) is 29.3 Å². The van der Waals surface area contributed by atoms with E-state index in [4.69, 9.17) is 11.6 Å². The van der Waals surface area contributed by atoms with Gasteiger partial charge in [0.1, 0.15) is 12.0 Å². The van der Waals surface area contributed by atoms with Crippen molar-refractivity contribution in [3.63, 3.8) is 0 Å². The van der Waals surface area contributed by atoms with Gasteiger partial charge in [-0.15, -0.1) is 0 Å². The summed E-state index contributed by atoms with van der Waals surface area (Å²) in [5, 5.41) is 0.478. The SMILES string of the molecule is CC(=O)c1cc(Cl)cc(CCC=O)n1. The number of nitrogens with zero attached hydrogens (tertiary/aromatic N) is 1. The first kappa shape index (κ1) is 10.9. The van der Waals surface area contributed by atoms with Crippen molar-refractivity contribution in [3.05, 3.63) is 28.5 Å². The number of Topliss-reactive ketones (excluding diaryl/α,β-unsaturated/α-hetero) is 1. The molecule has 14 heavy (non-hydrogen) atoms. The molecule has 0 spiro atoms. The predicted octanol–water partition coefficient (Wildman–Crippen LogP) is 2.07. The van der Waals surface area contributed by atoms with Gasteiger partial charge in [-0.2, -0.15) is 0 Å². The van der Waals surface area contributed by atoms with E-state index in [9.17, 15) is 9.59 Å². The third-order valence-corrected chi connectivity index (χ3v) is 1.94. The maximum atomic E-state index is 11.0. The quantitative estimate of drug-likeness (QED) is 0.566. The van der Waals surface area contributed by atoms with Crippen molar-refractivity contribution in [3.8, 4) is 0 Å². The molecule has 4 heteroatoms. The van der Waals surface area contributed by atoms with Crippen LogP contribution in [-0.4, -0.2) is 17.1 Å². The molecule has 0 aliphatic heterocycles. The fraction of sp³-hybridized carbons (Fsp3) is 0.300. The molecule has 0 aliphatic rings. The zero-order valence-corrected chi connectivity index (χ0v) is 8.54. The summed E-state index contributed by atoms with van der Waals surface area (Å²) < 4.78 is 0. The van der Waals surface area contributed by atoms with Crippen molar-refractivity contribution < 1.29 is 9.59 Å². The average molecular weight is 212 g/mol. The topological polar surface area (TPSA) is 47.0 Å². The van der Waals surface area contributed by atoms with Gasteiger partial charge in [0.05, 0.1) is 0 Å². The second-order valence-electron chi connectivity index (χ2n) is 2.92. The fourth-order valence-electron chi connectivity index (χ4n) is 1.07. The lowest BCUT2D eigenvalue weighted by Gasteiger charge is -2.01. The van der Waals surface area contributed by atoms with Crippen LogP contribution in [0, 0.1) is 0 Å². The molecule has 0 fully saturated rings. The Bertz CT molecular complexity index is 363. The van der Waals surface area contributed by atoms with Gasteiger partial charge in [0.15, 0.2) is 5.78 Å². The second-order valence-corrected chi connectivity index (χ2v) is 3.36. The molecule has 0 N–H and O–H groups in total. The Balaban J connectivity index is 2.94. The van der Waals surface area contributed by atoms with Gasteiger partial charge in [0.2, 0.25) is 0 Å². The second kappa shape index (κ2) is 4.86. The van der Waals surface area contributed by atoms with E-state index >= 15 is 0 Å². The van der Waals surface area contributed by atoms with Gasteiger partial charge >= 0.3 is 0 Å². The lowest BCUT2D eigenvalue weighted by molar-refractivity contribution is -0.107. The molecular formula is C10H10ClNO2. The average Bonchev–Trinajstić information content (AvgIpc) is 2.14. The fourth-order valence-corrected chi connectivity index (χ4v) is 1.30. The number of carbonyl (C=O) groups is 2. The highest BCUT2D eigenvalue weighted by Crippen LogP contribution is 2.13. The molecule has 0 saturated heterocycles. The standard InChI is InChI=1S/C10H10ClNO2/c1-7(14)10-6-8(11)5-9(12-10)3-2-4-13/h4-6H,2-3H2,1H3. The minimum atomic E-state index is -0.125. The molecule has 1 aromatic heterocycles. The summed E-state index contributed by atoms with van der Waals surface area (Å²) in [7, 11) is 0. The molecular weight excluding hydrogens is 202 g/mol. The van der Waals surface area contributed by atoms with Gasteiger partial charge in [-0.05, 0) is 18.6 Å². The Hall–Kier alpha value is -1.22. The summed E-state index contributed by atoms with van der Waals surface area (Å²) >= 11 is 5.79. The molecule has 74 valence electrons. The maximum absolute atomic E-state index is 11.0. The number of aldehydes is 1. The summed E-state index contributed by atoms with van der Waals surface area (Å²) in [6.07, 6.45) is 1.73. The molecule has 0 atom stereocenters. The Kier molecular flexibility index (Phi) is 3.77. The van der Waals surface area contributed by atoms with Crippen LogP contribution in [0.2, 0.25) is 5.02 Å². The summed E-state index contributed by atoms with van der Waals surface area (Å²) in [6.45, 7) is 1.43. The van der Waals surface area contributed by atoms with Crippen LogP contribution >= 0.6 is 11.6 Å². The van der Waals surface area contributed by atoms with Gasteiger partial charge in [0, 0.05) is 24.1 Å². The summed E-state index contributed by atoms with van der Waals surface area (Å²) in [5.74, 6) is -0.125. The molecule has 0 radical (unpaired) electrons. The van der Waals surface area contributed by atoms with Crippen LogP contribution in [0.5, 0.6) is 0 Å². The van der Waals surface area contributed by atoms with Crippen LogP contribution < -0.4 is 0 Å². The van der Waals surface area contributed by atoms with E-state index in [2.05, 4.69) is 4.98 Å². The normalized spacial score (nSPS) is 9.86. The third kappa shape index (κ3) is 2.92. The van der Waals surface area contributed by atoms with E-state index in [0.717, 1.165) is 6.29 Å². The highest BCUT2D eigenvalue weighted by atomic mass is 35.5. The van der Waals surface area contributed by atoms with Crippen molar-refractivity contribution in [2.75, 3.05) is 0 Å². The van der Waals surface area contributed by atoms with E-state index in [1.807, 2.05) is 0 Å². The van der Waals surface area contributed by atoms with Gasteiger partial charge < -0.3 is 4.79 Å². The highest BCUT2D eigenvalue weighted by molar-refractivity contribution is 6.30. The molecule has 0 aromatic carbocycles. The number of aryl methyl sites for hydroxylation is 1. The van der Waals surface area contributed by atoms with Crippen LogP contribution in [0.3, 0.4) is 0 Å². The molecule has 0 amide bonds. The van der Waals surface area contributed by atoms with Gasteiger partial charge in [-0.3, -0.25) is 4.79 Å². The zero-order valence-electron chi connectivity index (χ0n) is 7.79. The van der Waals surface area contributed by atoms with E-state index in [1.165, 1.54) is 13.0 Å². The predicted molar refractivity (Wildman–Crippen MR) is 53.6 cm³/mol. The number of aromatic nitrogens is 1. The van der Waals surface area contributed by atoms with Crippen LogP contribution in [-0.2, 0) is 11.2 Å². The number of carbonyl (C=O) groups excluding carboxylic acids is 2. The monoisotopic (exact) mass is 211 g/mol. The molecule has 1 heterocycles. The number of ketones is 1. The minimum Gasteiger partial charge on any atom is -0.303 e. The van der Waals surface area contributed by atoms with Crippen molar-refractivity contribution >= 4 is 23.7 Å². The summed E-state index contributed by atoms with van der Waals surface area (Å²) in [6, 6.07) is 3.19. The minimum absolute atomic E-state index is 0.125. The number of hydrogen-bond donors (Lipinski definition) is 0. The van der Waals surface area contributed by atoms with E-state index < -0.39 is 0 Å². The third-order valence-electron chi connectivity index (χ3n) is 1.72. The highest BCUT2D eigenvalue weighted by Gasteiger charge is 2.05. The molecule has 0 unspecified atom stereocenters. The number of rotatable bonds is 4. The van der Waals surface area contributed by atoms with Crippen LogP contribution in [0.1, 0.15) is 29.5 Å². The largest absolute Gasteiger partial charge is 0.303 e. The lowest BCUT2D eigenvalue weighted by atomic mass is 10.2. The number of halogens is 1. The number of hydrogen-bond acceptors (Lipinski definition) is 3. The summed E-state index contributed by atoms with van der Waals surface area (Å²) in [4.78, 5) is 25.3. The Morgan fingerprint density at radius 3 is 2.86 bits per heavy atom. The molecule has 0 saturated carbocycles. The van der Waals surface area contributed by atoms with E-state index in [1.54, 1.807) is 6.07 Å². The Labute approximate surface area is 87.1 Å². The van der Waals surface area contributed by atoms with Crippen molar-refractivity contribution in [1.29, 1.82) is 0 Å². The number of pyridine rings is 1. The Morgan fingerprint density at radius 2 is 2.29 bits per heavy atom. The maximum Gasteiger partial charge on any atom is 0.178 e. The Morgan fingerprint density at radius 1 is 1.57 bits per heavy atom. The van der Waals surface area contributed by atoms with Crippen molar-refractivity contribution in [2.24, 2.45) is 0 Å². The van der Waals surface area contributed by atoms with Crippen LogP contribution in [0.15, 0.2) is 12.1 Å². The first-order valence-electron chi connectivity index (χ1n) is 4.24. The van der Waals surface area contributed by atoms with Gasteiger partial charge in [-0.25, -0.2) is 4.98 Å². The molecule has 0 aliphatic carbocycles. The van der Waals surface area contributed by atoms with Crippen molar-refractivity contribution in [2.45, 2.75) is 19.8 Å². The van der Waals surface area contributed by atoms with E-state index in [-0.39, 0.29) is 5.78 Å². The first-order chi connectivity index (χ1) is 6.63. The molecule has 1 rings (SSSR count). The molecule has 1 aromatic rings. The smallest absolute Gasteiger partial charge is 0.178 e.